The molecule has 1 aromatic rings. The average molecular weight is 207 g/mol. The summed E-state index contributed by atoms with van der Waals surface area (Å²) in [6, 6.07) is 5.93. The number of carbonyl (C=O) groups excluding carboxylic acids is 1. The highest BCUT2D eigenvalue weighted by Crippen LogP contribution is 2.25. The average Bonchev–Trinajstić information content (AvgIpc) is 2.15. The van der Waals surface area contributed by atoms with Crippen molar-refractivity contribution in [3.05, 3.63) is 24.3 Å². The number of phenolic OH excluding ortho intramolecular Hbond substituents is 1. The Labute approximate surface area is 85.7 Å². The molecule has 0 saturated carbocycles. The number of nitrogens with zero attached hydrogens (tertiary/aromatic N) is 1. The molecule has 0 aliphatic rings. The lowest BCUT2D eigenvalue weighted by atomic mass is 10.2. The number of carboxylic acids is 1. The number of carbonyl (C=O) groups is 2. The van der Waals surface area contributed by atoms with Gasteiger partial charge in [-0.2, -0.15) is 0 Å². The van der Waals surface area contributed by atoms with Gasteiger partial charge in [-0.3, -0.25) is 4.79 Å². The van der Waals surface area contributed by atoms with Crippen LogP contribution < -0.4 is 0 Å². The van der Waals surface area contributed by atoms with E-state index in [0.29, 0.717) is 0 Å². The number of benzene rings is 1. The van der Waals surface area contributed by atoms with Crippen LogP contribution in [0.1, 0.15) is 6.92 Å². The van der Waals surface area contributed by atoms with E-state index >= 15 is 0 Å². The van der Waals surface area contributed by atoms with Crippen molar-refractivity contribution in [2.45, 2.75) is 6.92 Å². The molecule has 0 heterocycles. The standard InChI is InChI=1S/C10H9NO4/c1-6(12)9(10(14)15)11-7-4-2-3-5-8(7)13/h2-5,13H,1H3,(H,14,15). The van der Waals surface area contributed by atoms with Gasteiger partial charge in [0.25, 0.3) is 0 Å². The SMILES string of the molecule is CC(=O)C(=Nc1ccccc1O)C(=O)O. The Kier molecular flexibility index (Phi) is 3.17. The third-order valence-corrected chi connectivity index (χ3v) is 1.65. The van der Waals surface area contributed by atoms with Gasteiger partial charge in [-0.05, 0) is 12.1 Å². The van der Waals surface area contributed by atoms with E-state index in [2.05, 4.69) is 4.99 Å². The minimum Gasteiger partial charge on any atom is -0.506 e. The third-order valence-electron chi connectivity index (χ3n) is 1.65. The fourth-order valence-corrected chi connectivity index (χ4v) is 0.956. The number of ketones is 1. The summed E-state index contributed by atoms with van der Waals surface area (Å²) in [5.74, 6) is -2.24. The highest BCUT2D eigenvalue weighted by Gasteiger charge is 2.15. The van der Waals surface area contributed by atoms with Gasteiger partial charge in [0, 0.05) is 6.92 Å². The highest BCUT2D eigenvalue weighted by molar-refractivity contribution is 6.63. The number of aromatic hydroxyl groups is 1. The number of para-hydroxylation sites is 2. The van der Waals surface area contributed by atoms with Crippen molar-refractivity contribution in [2.24, 2.45) is 4.99 Å². The molecule has 1 aromatic carbocycles. The Morgan fingerprint density at radius 2 is 1.87 bits per heavy atom. The number of carboxylic acid groups (broad SMARTS) is 1. The molecule has 5 nitrogen and oxygen atoms in total. The first kappa shape index (κ1) is 10.9. The van der Waals surface area contributed by atoms with Crippen LogP contribution in [-0.4, -0.2) is 27.7 Å². The van der Waals surface area contributed by atoms with E-state index < -0.39 is 17.5 Å². The normalized spacial score (nSPS) is 11.1. The summed E-state index contributed by atoms with van der Waals surface area (Å²) in [5, 5.41) is 18.0. The largest absolute Gasteiger partial charge is 0.506 e. The topological polar surface area (TPSA) is 87.0 Å². The van der Waals surface area contributed by atoms with Crippen LogP contribution >= 0.6 is 0 Å². The molecule has 2 N–H and O–H groups in total. The first-order valence-electron chi connectivity index (χ1n) is 4.13. The maximum Gasteiger partial charge on any atom is 0.358 e. The lowest BCUT2D eigenvalue weighted by Crippen LogP contribution is -2.20. The van der Waals surface area contributed by atoms with E-state index in [1.165, 1.54) is 12.1 Å². The van der Waals surface area contributed by atoms with Crippen molar-refractivity contribution >= 4 is 23.2 Å². The van der Waals surface area contributed by atoms with E-state index in [9.17, 15) is 14.7 Å². The van der Waals surface area contributed by atoms with Gasteiger partial charge in [0.2, 0.25) is 0 Å². The minimum absolute atomic E-state index is 0.0603. The molecule has 0 fully saturated rings. The maximum atomic E-state index is 10.9. The van der Waals surface area contributed by atoms with E-state index in [0.717, 1.165) is 6.92 Å². The zero-order valence-electron chi connectivity index (χ0n) is 7.97. The lowest BCUT2D eigenvalue weighted by Gasteiger charge is -1.99. The summed E-state index contributed by atoms with van der Waals surface area (Å²) < 4.78 is 0. The van der Waals surface area contributed by atoms with Crippen LogP contribution in [0.25, 0.3) is 0 Å². The summed E-state index contributed by atoms with van der Waals surface area (Å²) in [4.78, 5) is 25.1. The Hall–Kier alpha value is -2.17. The van der Waals surface area contributed by atoms with Crippen molar-refractivity contribution in [3.63, 3.8) is 0 Å². The summed E-state index contributed by atoms with van der Waals surface area (Å²) in [6.07, 6.45) is 0. The Morgan fingerprint density at radius 3 is 2.33 bits per heavy atom. The van der Waals surface area contributed by atoms with Crippen LogP contribution in [0.5, 0.6) is 5.75 Å². The molecule has 0 atom stereocenters. The van der Waals surface area contributed by atoms with Crippen molar-refractivity contribution < 1.29 is 19.8 Å². The molecule has 5 heteroatoms. The quantitative estimate of drug-likeness (QED) is 0.574. The van der Waals surface area contributed by atoms with Gasteiger partial charge in [0.15, 0.2) is 11.5 Å². The molecular weight excluding hydrogens is 198 g/mol. The van der Waals surface area contributed by atoms with Gasteiger partial charge in [-0.15, -0.1) is 0 Å². The van der Waals surface area contributed by atoms with E-state index in [1.54, 1.807) is 12.1 Å². The number of aliphatic imine (C=N–C) groups is 1. The monoisotopic (exact) mass is 207 g/mol. The summed E-state index contributed by atoms with van der Waals surface area (Å²) >= 11 is 0. The van der Waals surface area contributed by atoms with Gasteiger partial charge >= 0.3 is 5.97 Å². The molecule has 0 bridgehead atoms. The highest BCUT2D eigenvalue weighted by atomic mass is 16.4. The van der Waals surface area contributed by atoms with Crippen molar-refractivity contribution in [1.82, 2.24) is 0 Å². The first-order valence-corrected chi connectivity index (χ1v) is 4.13. The summed E-state index contributed by atoms with van der Waals surface area (Å²) in [5.41, 5.74) is -0.540. The number of hydrogen-bond donors (Lipinski definition) is 2. The van der Waals surface area contributed by atoms with E-state index in [4.69, 9.17) is 5.11 Å². The van der Waals surface area contributed by atoms with Gasteiger partial charge in [0.05, 0.1) is 0 Å². The molecule has 0 spiro atoms. The van der Waals surface area contributed by atoms with Gasteiger partial charge in [0.1, 0.15) is 11.4 Å². The molecule has 0 saturated heterocycles. The molecule has 78 valence electrons. The Morgan fingerprint density at radius 1 is 1.27 bits per heavy atom. The van der Waals surface area contributed by atoms with Gasteiger partial charge in [-0.25, -0.2) is 9.79 Å². The van der Waals surface area contributed by atoms with Crippen LogP contribution in [-0.2, 0) is 9.59 Å². The zero-order chi connectivity index (χ0) is 11.4. The fraction of sp³-hybridized carbons (Fsp3) is 0.100. The molecule has 15 heavy (non-hydrogen) atoms. The second kappa shape index (κ2) is 4.36. The predicted octanol–water partition coefficient (Wildman–Crippen LogP) is 1.14. The van der Waals surface area contributed by atoms with Crippen molar-refractivity contribution in [2.75, 3.05) is 0 Å². The first-order chi connectivity index (χ1) is 7.02. The van der Waals surface area contributed by atoms with E-state index in [1.807, 2.05) is 0 Å². The molecule has 0 amide bonds. The zero-order valence-corrected chi connectivity index (χ0v) is 7.97. The smallest absolute Gasteiger partial charge is 0.358 e. The van der Waals surface area contributed by atoms with Crippen LogP contribution in [0.2, 0.25) is 0 Å². The Bertz CT molecular complexity index is 421. The second-order valence-corrected chi connectivity index (χ2v) is 2.81. The predicted molar refractivity (Wildman–Crippen MR) is 53.5 cm³/mol. The molecular formula is C10H9NO4. The van der Waals surface area contributed by atoms with E-state index in [-0.39, 0.29) is 11.4 Å². The van der Waals surface area contributed by atoms with Gasteiger partial charge < -0.3 is 10.2 Å². The molecule has 0 unspecified atom stereocenters. The second-order valence-electron chi connectivity index (χ2n) is 2.81. The lowest BCUT2D eigenvalue weighted by molar-refractivity contribution is -0.130. The number of phenols is 1. The fourth-order valence-electron chi connectivity index (χ4n) is 0.956. The third kappa shape index (κ3) is 2.63. The molecule has 1 rings (SSSR count). The Balaban J connectivity index is 3.19. The molecule has 0 aliphatic heterocycles. The maximum absolute atomic E-state index is 10.9. The number of rotatable bonds is 3. The van der Waals surface area contributed by atoms with Crippen molar-refractivity contribution in [1.29, 1.82) is 0 Å². The van der Waals surface area contributed by atoms with Crippen LogP contribution in [0.3, 0.4) is 0 Å². The minimum atomic E-state index is -1.41. The molecule has 0 radical (unpaired) electrons. The summed E-state index contributed by atoms with van der Waals surface area (Å²) in [6.45, 7) is 1.10. The van der Waals surface area contributed by atoms with Gasteiger partial charge in [-0.1, -0.05) is 12.1 Å². The number of Topliss-reactive ketones (excluding diaryl/α,β-unsaturated/α-hetero) is 1. The van der Waals surface area contributed by atoms with Crippen LogP contribution in [0, 0.1) is 0 Å². The van der Waals surface area contributed by atoms with Crippen molar-refractivity contribution in [3.8, 4) is 5.75 Å². The molecule has 0 aromatic heterocycles. The summed E-state index contributed by atoms with van der Waals surface area (Å²) in [7, 11) is 0. The van der Waals surface area contributed by atoms with Crippen LogP contribution in [0.4, 0.5) is 5.69 Å². The number of hydrogen-bond acceptors (Lipinski definition) is 4. The molecule has 0 aliphatic carbocycles. The number of aliphatic carboxylic acids is 1. The van der Waals surface area contributed by atoms with Crippen LogP contribution in [0.15, 0.2) is 29.3 Å².